The maximum atomic E-state index is 16.0. The second kappa shape index (κ2) is 15.0. The fourth-order valence-electron chi connectivity index (χ4n) is 18.9. The van der Waals surface area contributed by atoms with Gasteiger partial charge in [0.25, 0.3) is 0 Å². The van der Waals surface area contributed by atoms with Gasteiger partial charge in [-0.25, -0.2) is 0 Å². The van der Waals surface area contributed by atoms with Crippen LogP contribution in [0.25, 0.3) is 11.0 Å². The summed E-state index contributed by atoms with van der Waals surface area (Å²) in [5.41, 5.74) is 8.84. The van der Waals surface area contributed by atoms with Crippen molar-refractivity contribution in [1.82, 2.24) is 9.55 Å². The maximum absolute atomic E-state index is 16.0. The number of benzene rings is 1. The number of fused-ring (bicyclic) bond motifs is 2. The van der Waals surface area contributed by atoms with Crippen LogP contribution in [-0.2, 0) is 38.4 Å². The summed E-state index contributed by atoms with van der Waals surface area (Å²) >= 11 is 0. The number of carbonyl (C=O) groups excluding carboxylic acids is 2. The van der Waals surface area contributed by atoms with Crippen LogP contribution in [0.4, 0.5) is 0 Å². The van der Waals surface area contributed by atoms with Crippen molar-refractivity contribution in [2.45, 2.75) is 194 Å². The van der Waals surface area contributed by atoms with E-state index in [-0.39, 0.29) is 51.6 Å². The summed E-state index contributed by atoms with van der Waals surface area (Å²) in [5.74, 6) is 1.46. The Morgan fingerprint density at radius 2 is 1.65 bits per heavy atom. The summed E-state index contributed by atoms with van der Waals surface area (Å²) in [6, 6.07) is 7.17. The van der Waals surface area contributed by atoms with Crippen LogP contribution in [0, 0.1) is 63.6 Å². The molecule has 0 bridgehead atoms. The minimum Gasteiger partial charge on any atom is -0.392 e. The lowest BCUT2D eigenvalue weighted by atomic mass is 9.31. The first-order chi connectivity index (χ1) is 31.4. The second-order valence-electron chi connectivity index (χ2n) is 25.4. The standard InChI is InChI=1S/C58H78N2O6/c1-33-25-34(27-37(26-33)35-17-23-65-24-18-35)28-38-31-60-32-40-45-46(54(4,29-42(61)52-53(2,3)66-52)20-14-36-30-59-47(38)48(36)60)50(64)41-13-10-19-58(57(41,45)7)22-15-43-55(5,51(58)49(40)63)21-16-44(62)56(43,6)39-11-8-9-12-39/h25-27,30-31,35,39-43,49,51-52,59,61,63H,8-24,28-29,32H2,1-7H3/t40-,41-,42-,43-,49-,51-,52-,54+,55-,56+,57+,58+/m1/s1. The highest BCUT2D eigenvalue weighted by Crippen LogP contribution is 2.80. The average molecular weight is 899 g/mol. The van der Waals surface area contributed by atoms with Gasteiger partial charge in [0.05, 0.1) is 28.8 Å². The van der Waals surface area contributed by atoms with Gasteiger partial charge in [0, 0.05) is 73.2 Å². The van der Waals surface area contributed by atoms with E-state index in [1.807, 2.05) is 0 Å². The number of aromatic amines is 1. The molecule has 0 amide bonds. The zero-order valence-corrected chi connectivity index (χ0v) is 41.2. The van der Waals surface area contributed by atoms with E-state index in [2.05, 4.69) is 88.6 Å². The van der Waals surface area contributed by atoms with E-state index in [0.29, 0.717) is 42.8 Å². The first kappa shape index (κ1) is 44.2. The number of ether oxygens (including phenoxy) is 2. The number of nitrogens with zero attached hydrogens (tertiary/aromatic N) is 1. The Morgan fingerprint density at radius 3 is 2.39 bits per heavy atom. The highest BCUT2D eigenvalue weighted by Gasteiger charge is 2.77. The highest BCUT2D eigenvalue weighted by molar-refractivity contribution is 6.04. The summed E-state index contributed by atoms with van der Waals surface area (Å²) in [6.45, 7) is 18.2. The van der Waals surface area contributed by atoms with E-state index in [1.165, 1.54) is 57.3 Å². The average Bonchev–Trinajstić information content (AvgIpc) is 3.81. The normalized spacial score (nSPS) is 41.5. The number of aliphatic hydroxyl groups excluding tert-OH is 2. The van der Waals surface area contributed by atoms with Crippen LogP contribution in [-0.4, -0.2) is 68.5 Å². The van der Waals surface area contributed by atoms with Gasteiger partial charge in [-0.3, -0.25) is 9.59 Å². The number of H-pyrrole nitrogens is 1. The van der Waals surface area contributed by atoms with E-state index in [9.17, 15) is 15.0 Å². The van der Waals surface area contributed by atoms with Gasteiger partial charge in [-0.2, -0.15) is 0 Å². The molecule has 5 saturated carbocycles. The number of epoxide rings is 1. The van der Waals surface area contributed by atoms with Gasteiger partial charge in [-0.1, -0.05) is 70.7 Å². The molecule has 7 fully saturated rings. The number of rotatable bonds is 7. The fourth-order valence-corrected chi connectivity index (χ4v) is 18.9. The molecule has 12 rings (SSSR count). The Hall–Kier alpha value is -3.04. The molecule has 12 atom stereocenters. The van der Waals surface area contributed by atoms with Crippen molar-refractivity contribution in [2.24, 2.45) is 56.7 Å². The van der Waals surface area contributed by atoms with Crippen LogP contribution >= 0.6 is 0 Å². The molecular formula is C58H78N2O6. The third kappa shape index (κ3) is 6.01. The Labute approximate surface area is 393 Å². The zero-order chi connectivity index (χ0) is 45.9. The Bertz CT molecular complexity index is 2520. The molecule has 66 heavy (non-hydrogen) atoms. The number of nitrogens with one attached hydrogen (secondary N) is 1. The molecule has 1 spiro atoms. The topological polar surface area (TPSA) is 117 Å². The van der Waals surface area contributed by atoms with Crippen LogP contribution in [0.2, 0.25) is 0 Å². The lowest BCUT2D eigenvalue weighted by molar-refractivity contribution is -0.248. The molecule has 5 heterocycles. The third-order valence-electron chi connectivity index (χ3n) is 21.9. The van der Waals surface area contributed by atoms with E-state index in [1.54, 1.807) is 0 Å². The number of hydrogen-bond acceptors (Lipinski definition) is 6. The van der Waals surface area contributed by atoms with Crippen molar-refractivity contribution in [3.8, 4) is 0 Å². The number of carbonyl (C=O) groups is 2. The van der Waals surface area contributed by atoms with Crippen molar-refractivity contribution < 1.29 is 29.3 Å². The van der Waals surface area contributed by atoms with Crippen LogP contribution in [0.3, 0.4) is 0 Å². The highest BCUT2D eigenvalue weighted by atomic mass is 16.6. The summed E-state index contributed by atoms with van der Waals surface area (Å²) in [6.07, 6.45) is 18.8. The van der Waals surface area contributed by atoms with E-state index >= 15 is 4.79 Å². The molecule has 2 aromatic heterocycles. The largest absolute Gasteiger partial charge is 0.392 e. The number of hydrogen-bond donors (Lipinski definition) is 3. The van der Waals surface area contributed by atoms with Crippen molar-refractivity contribution in [3.63, 3.8) is 0 Å². The first-order valence-corrected chi connectivity index (χ1v) is 26.7. The molecule has 3 N–H and O–H groups in total. The van der Waals surface area contributed by atoms with Gasteiger partial charge in [0.1, 0.15) is 11.9 Å². The van der Waals surface area contributed by atoms with E-state index in [4.69, 9.17) is 9.47 Å². The van der Waals surface area contributed by atoms with Gasteiger partial charge < -0.3 is 29.2 Å². The van der Waals surface area contributed by atoms with Crippen molar-refractivity contribution in [3.05, 3.63) is 69.6 Å². The van der Waals surface area contributed by atoms with Crippen LogP contribution in [0.15, 0.2) is 41.7 Å². The molecule has 0 radical (unpaired) electrons. The number of allylic oxidation sites excluding steroid dienone is 1. The van der Waals surface area contributed by atoms with Gasteiger partial charge in [-0.05, 0) is 166 Å². The summed E-state index contributed by atoms with van der Waals surface area (Å²) in [4.78, 5) is 34.3. The summed E-state index contributed by atoms with van der Waals surface area (Å²) in [5, 5.41) is 26.2. The SMILES string of the molecule is Cc1cc(Cc2cn3c4c(c[nH]c24)CC[C@@](C)(C[C@@H](O)[C@H]2OC2(C)C)C2=C4[C@@H](C3)[C@@H](O)[C@@H]3[C@]5(C)CCC(=O)[C@@](C)(C6CCCC6)[C@@H]5CC[C@@]35CCC[C@H](C2=O)[C@@]45C)cc(C2CCOCC2)c1. The van der Waals surface area contributed by atoms with Gasteiger partial charge >= 0.3 is 0 Å². The lowest BCUT2D eigenvalue weighted by Gasteiger charge is -2.73. The van der Waals surface area contributed by atoms with Gasteiger partial charge in [0.2, 0.25) is 0 Å². The van der Waals surface area contributed by atoms with Crippen LogP contribution in [0.1, 0.15) is 172 Å². The Balaban J connectivity index is 1.03. The van der Waals surface area contributed by atoms with Crippen LogP contribution in [0.5, 0.6) is 0 Å². The number of aryl methyl sites for hydroxylation is 2. The predicted molar refractivity (Wildman–Crippen MR) is 257 cm³/mol. The quantitative estimate of drug-likeness (QED) is 0.203. The second-order valence-corrected chi connectivity index (χ2v) is 25.4. The smallest absolute Gasteiger partial charge is 0.163 e. The minimum absolute atomic E-state index is 0.0288. The fraction of sp³-hybridized carbons (Fsp3) is 0.724. The summed E-state index contributed by atoms with van der Waals surface area (Å²) in [7, 11) is 0. The molecule has 1 aromatic carbocycles. The molecule has 3 aliphatic heterocycles. The van der Waals surface area contributed by atoms with Gasteiger partial charge in [0.15, 0.2) is 5.78 Å². The van der Waals surface area contributed by atoms with E-state index < -0.39 is 23.0 Å². The number of aromatic nitrogens is 2. The molecule has 9 aliphatic rings. The molecule has 8 heteroatoms. The number of aliphatic hydroxyl groups is 2. The number of Topliss-reactive ketones (excluding diaryl/α,β-unsaturated/α-hetero) is 2. The van der Waals surface area contributed by atoms with Crippen molar-refractivity contribution >= 4 is 22.6 Å². The molecule has 8 nitrogen and oxygen atoms in total. The predicted octanol–water partition coefficient (Wildman–Crippen LogP) is 10.9. The van der Waals surface area contributed by atoms with E-state index in [0.717, 1.165) is 102 Å². The maximum Gasteiger partial charge on any atom is 0.163 e. The summed E-state index contributed by atoms with van der Waals surface area (Å²) < 4.78 is 14.4. The Morgan fingerprint density at radius 1 is 0.894 bits per heavy atom. The molecule has 356 valence electrons. The monoisotopic (exact) mass is 899 g/mol. The minimum atomic E-state index is -0.706. The van der Waals surface area contributed by atoms with Crippen molar-refractivity contribution in [2.75, 3.05) is 13.2 Å². The third-order valence-corrected chi connectivity index (χ3v) is 21.9. The van der Waals surface area contributed by atoms with Crippen molar-refractivity contribution in [1.29, 1.82) is 0 Å². The molecule has 6 aliphatic carbocycles. The Kier molecular flexibility index (Phi) is 10.0. The molecular weight excluding hydrogens is 821 g/mol. The first-order valence-electron chi connectivity index (χ1n) is 26.7. The molecule has 0 unspecified atom stereocenters. The number of ketones is 2. The molecule has 2 saturated heterocycles. The lowest BCUT2D eigenvalue weighted by Crippen LogP contribution is -2.71. The van der Waals surface area contributed by atoms with Gasteiger partial charge in [-0.15, -0.1) is 0 Å². The zero-order valence-electron chi connectivity index (χ0n) is 41.2. The van der Waals surface area contributed by atoms with Crippen LogP contribution < -0.4 is 0 Å². The molecule has 3 aromatic rings.